The fourth-order valence-corrected chi connectivity index (χ4v) is 3.82. The van der Waals surface area contributed by atoms with Gasteiger partial charge in [-0.25, -0.2) is 9.97 Å². The molecule has 0 atom stereocenters. The molecule has 1 saturated carbocycles. The Hall–Kier alpha value is -1.73. The Bertz CT molecular complexity index is 612. The number of hydrogen-bond acceptors (Lipinski definition) is 6. The van der Waals surface area contributed by atoms with E-state index in [0.717, 1.165) is 50.7 Å². The zero-order chi connectivity index (χ0) is 16.5. The summed E-state index contributed by atoms with van der Waals surface area (Å²) < 4.78 is 5.43. The third kappa shape index (κ3) is 2.98. The van der Waals surface area contributed by atoms with Crippen molar-refractivity contribution >= 4 is 11.7 Å². The van der Waals surface area contributed by atoms with Gasteiger partial charge in [0.25, 0.3) is 0 Å². The van der Waals surface area contributed by atoms with Crippen LogP contribution in [-0.4, -0.2) is 71.4 Å². The van der Waals surface area contributed by atoms with E-state index in [0.29, 0.717) is 25.9 Å². The first-order valence-electron chi connectivity index (χ1n) is 8.84. The molecule has 1 amide bonds. The van der Waals surface area contributed by atoms with Crippen molar-refractivity contribution in [3.05, 3.63) is 17.6 Å². The summed E-state index contributed by atoms with van der Waals surface area (Å²) in [5.74, 6) is 1.21. The molecule has 1 aliphatic carbocycles. The number of ether oxygens (including phenoxy) is 1. The van der Waals surface area contributed by atoms with Gasteiger partial charge in [0.1, 0.15) is 12.1 Å². The zero-order valence-electron chi connectivity index (χ0n) is 13.9. The van der Waals surface area contributed by atoms with Crippen molar-refractivity contribution in [3.8, 4) is 0 Å². The van der Waals surface area contributed by atoms with Gasteiger partial charge in [0.2, 0.25) is 5.91 Å². The summed E-state index contributed by atoms with van der Waals surface area (Å²) in [7, 11) is 0. The summed E-state index contributed by atoms with van der Waals surface area (Å²) >= 11 is 0. The Morgan fingerprint density at radius 1 is 1.12 bits per heavy atom. The van der Waals surface area contributed by atoms with Crippen molar-refractivity contribution in [1.29, 1.82) is 0 Å². The molecule has 0 aromatic carbocycles. The third-order valence-electron chi connectivity index (χ3n) is 5.35. The fourth-order valence-electron chi connectivity index (χ4n) is 3.82. The molecule has 2 aliphatic heterocycles. The van der Waals surface area contributed by atoms with Crippen LogP contribution in [0.4, 0.5) is 5.82 Å². The van der Waals surface area contributed by atoms with Gasteiger partial charge in [0, 0.05) is 44.1 Å². The largest absolute Gasteiger partial charge is 0.393 e. The van der Waals surface area contributed by atoms with Gasteiger partial charge >= 0.3 is 0 Å². The first-order valence-corrected chi connectivity index (χ1v) is 8.84. The van der Waals surface area contributed by atoms with E-state index < -0.39 is 0 Å². The van der Waals surface area contributed by atoms with Crippen molar-refractivity contribution in [2.24, 2.45) is 5.92 Å². The van der Waals surface area contributed by atoms with Gasteiger partial charge in [-0.2, -0.15) is 0 Å². The molecule has 24 heavy (non-hydrogen) atoms. The number of carbonyl (C=O) groups is 1. The highest BCUT2D eigenvalue weighted by molar-refractivity contribution is 5.80. The summed E-state index contributed by atoms with van der Waals surface area (Å²) in [5, 5.41) is 9.44. The molecular weight excluding hydrogens is 308 g/mol. The number of hydrogen-bond donors (Lipinski definition) is 1. The number of morpholine rings is 1. The highest BCUT2D eigenvalue weighted by atomic mass is 16.5. The Balaban J connectivity index is 1.49. The average Bonchev–Trinajstić information content (AvgIpc) is 2.82. The van der Waals surface area contributed by atoms with Crippen LogP contribution >= 0.6 is 0 Å². The van der Waals surface area contributed by atoms with Crippen LogP contribution in [0.15, 0.2) is 6.33 Å². The first kappa shape index (κ1) is 15.8. The number of aromatic nitrogens is 2. The van der Waals surface area contributed by atoms with Gasteiger partial charge in [-0.05, 0) is 19.3 Å². The lowest BCUT2D eigenvalue weighted by Crippen LogP contribution is -2.44. The second kappa shape index (κ2) is 6.64. The van der Waals surface area contributed by atoms with Crippen molar-refractivity contribution in [3.63, 3.8) is 0 Å². The van der Waals surface area contributed by atoms with Crippen molar-refractivity contribution in [2.75, 3.05) is 44.3 Å². The molecule has 1 N–H and O–H groups in total. The normalized spacial score (nSPS) is 27.2. The third-order valence-corrected chi connectivity index (χ3v) is 5.35. The fraction of sp³-hybridized carbons (Fsp3) is 0.706. The summed E-state index contributed by atoms with van der Waals surface area (Å²) in [6.45, 7) is 4.58. The number of rotatable bonds is 2. The molecular formula is C17H24N4O3. The Morgan fingerprint density at radius 3 is 2.62 bits per heavy atom. The molecule has 1 aromatic heterocycles. The number of aliphatic hydroxyl groups excluding tert-OH is 1. The Kier molecular flexibility index (Phi) is 4.37. The minimum atomic E-state index is -0.290. The van der Waals surface area contributed by atoms with Gasteiger partial charge in [-0.1, -0.05) is 0 Å². The van der Waals surface area contributed by atoms with Gasteiger partial charge in [0.15, 0.2) is 0 Å². The summed E-state index contributed by atoms with van der Waals surface area (Å²) in [4.78, 5) is 25.8. The first-order chi connectivity index (χ1) is 11.7. The molecule has 2 fully saturated rings. The maximum absolute atomic E-state index is 12.6. The minimum Gasteiger partial charge on any atom is -0.393 e. The topological polar surface area (TPSA) is 78.8 Å². The molecule has 3 heterocycles. The molecule has 4 rings (SSSR count). The number of aliphatic hydroxyl groups is 1. The highest BCUT2D eigenvalue weighted by Crippen LogP contribution is 2.30. The zero-order valence-corrected chi connectivity index (χ0v) is 13.9. The van der Waals surface area contributed by atoms with Crippen LogP contribution in [0.3, 0.4) is 0 Å². The minimum absolute atomic E-state index is 0.00556. The van der Waals surface area contributed by atoms with E-state index >= 15 is 0 Å². The molecule has 0 unspecified atom stereocenters. The lowest BCUT2D eigenvalue weighted by Gasteiger charge is -2.34. The maximum atomic E-state index is 12.6. The van der Waals surface area contributed by atoms with Gasteiger partial charge in [0.05, 0.1) is 25.0 Å². The number of anilines is 1. The molecule has 0 radical (unpaired) electrons. The standard InChI is InChI=1S/C17H24N4O3/c22-13-9-12(10-13)17(23)21-3-1-14-15(2-4-21)18-11-19-16(14)20-5-7-24-8-6-20/h11-13,22H,1-10H2. The van der Waals surface area contributed by atoms with Gasteiger partial charge in [-0.15, -0.1) is 0 Å². The van der Waals surface area contributed by atoms with Crippen molar-refractivity contribution in [1.82, 2.24) is 14.9 Å². The second-order valence-electron chi connectivity index (χ2n) is 6.87. The van der Waals surface area contributed by atoms with Crippen LogP contribution < -0.4 is 4.90 Å². The molecule has 7 nitrogen and oxygen atoms in total. The Labute approximate surface area is 141 Å². The molecule has 0 bridgehead atoms. The van der Waals surface area contributed by atoms with Crippen LogP contribution in [0.1, 0.15) is 24.1 Å². The van der Waals surface area contributed by atoms with E-state index in [1.807, 2.05) is 4.90 Å². The van der Waals surface area contributed by atoms with E-state index in [2.05, 4.69) is 14.9 Å². The molecule has 1 aromatic rings. The van der Waals surface area contributed by atoms with E-state index in [9.17, 15) is 9.90 Å². The molecule has 3 aliphatic rings. The monoisotopic (exact) mass is 332 g/mol. The highest BCUT2D eigenvalue weighted by Gasteiger charge is 2.36. The quantitative estimate of drug-likeness (QED) is 0.822. The maximum Gasteiger partial charge on any atom is 0.225 e. The average molecular weight is 332 g/mol. The van der Waals surface area contributed by atoms with Crippen molar-refractivity contribution < 1.29 is 14.6 Å². The lowest BCUT2D eigenvalue weighted by atomic mass is 9.81. The van der Waals surface area contributed by atoms with E-state index in [1.54, 1.807) is 6.33 Å². The lowest BCUT2D eigenvalue weighted by molar-refractivity contribution is -0.142. The Morgan fingerprint density at radius 2 is 1.88 bits per heavy atom. The number of nitrogens with zero attached hydrogens (tertiary/aromatic N) is 4. The van der Waals surface area contributed by atoms with Gasteiger partial charge < -0.3 is 19.6 Å². The van der Waals surface area contributed by atoms with Crippen LogP contribution in [0.25, 0.3) is 0 Å². The predicted octanol–water partition coefficient (Wildman–Crippen LogP) is 0.0113. The molecule has 7 heteroatoms. The summed E-state index contributed by atoms with van der Waals surface area (Å²) in [6.07, 6.45) is 4.15. The number of fused-ring (bicyclic) bond motifs is 1. The second-order valence-corrected chi connectivity index (χ2v) is 6.87. The van der Waals surface area contributed by atoms with E-state index in [1.165, 1.54) is 5.56 Å². The number of carbonyl (C=O) groups excluding carboxylic acids is 1. The summed E-state index contributed by atoms with van der Waals surface area (Å²) in [6, 6.07) is 0. The number of amides is 1. The van der Waals surface area contributed by atoms with Crippen LogP contribution in [0.5, 0.6) is 0 Å². The van der Waals surface area contributed by atoms with Gasteiger partial charge in [-0.3, -0.25) is 4.79 Å². The SMILES string of the molecule is O=C(C1CC(O)C1)N1CCc2ncnc(N3CCOCC3)c2CC1. The van der Waals surface area contributed by atoms with E-state index in [-0.39, 0.29) is 17.9 Å². The van der Waals surface area contributed by atoms with Crippen molar-refractivity contribution in [2.45, 2.75) is 31.8 Å². The smallest absolute Gasteiger partial charge is 0.225 e. The van der Waals surface area contributed by atoms with Crippen LogP contribution in [0, 0.1) is 5.92 Å². The summed E-state index contributed by atoms with van der Waals surface area (Å²) in [5.41, 5.74) is 2.25. The van der Waals surface area contributed by atoms with Crippen LogP contribution in [0.2, 0.25) is 0 Å². The molecule has 1 saturated heterocycles. The molecule has 0 spiro atoms. The van der Waals surface area contributed by atoms with Crippen LogP contribution in [-0.2, 0) is 22.4 Å². The predicted molar refractivity (Wildman–Crippen MR) is 87.8 cm³/mol. The van der Waals surface area contributed by atoms with E-state index in [4.69, 9.17) is 4.74 Å². The molecule has 130 valence electrons.